The molecule has 1 fully saturated rings. The SMILES string of the molecule is CC(C)(C)c1noc(-c2cnn3c(C4CCN(C=O)CC4)cc(=O)[nH]c23)n1.COC(C)(C)C. The van der Waals surface area contributed by atoms with Gasteiger partial charge in [0.15, 0.2) is 5.82 Å². The molecule has 0 saturated carbocycles. The number of nitrogens with zero attached hydrogens (tertiary/aromatic N) is 5. The quantitative estimate of drug-likeness (QED) is 0.599. The smallest absolute Gasteiger partial charge is 0.263 e. The number of hydrogen-bond donors (Lipinski definition) is 1. The van der Waals surface area contributed by atoms with E-state index in [1.165, 1.54) is 0 Å². The van der Waals surface area contributed by atoms with Crippen LogP contribution in [-0.2, 0) is 14.9 Å². The van der Waals surface area contributed by atoms with Gasteiger partial charge in [-0.1, -0.05) is 25.9 Å². The van der Waals surface area contributed by atoms with Gasteiger partial charge in [0.1, 0.15) is 11.2 Å². The number of H-pyrrole nitrogens is 1. The van der Waals surface area contributed by atoms with Gasteiger partial charge in [-0.25, -0.2) is 4.52 Å². The van der Waals surface area contributed by atoms with Crippen molar-refractivity contribution in [2.75, 3.05) is 20.2 Å². The van der Waals surface area contributed by atoms with Gasteiger partial charge < -0.3 is 19.1 Å². The van der Waals surface area contributed by atoms with Crippen molar-refractivity contribution in [2.24, 2.45) is 0 Å². The Morgan fingerprint density at radius 2 is 1.82 bits per heavy atom. The third-order valence-corrected chi connectivity index (χ3v) is 5.57. The minimum atomic E-state index is -0.240. The first kappa shape index (κ1) is 24.6. The van der Waals surface area contributed by atoms with E-state index in [0.717, 1.165) is 24.9 Å². The van der Waals surface area contributed by atoms with E-state index in [1.807, 2.05) is 41.5 Å². The number of nitrogens with one attached hydrogen (secondary N) is 1. The molecule has 180 valence electrons. The lowest BCUT2D eigenvalue weighted by molar-refractivity contribution is -0.119. The maximum atomic E-state index is 12.3. The van der Waals surface area contributed by atoms with Crippen molar-refractivity contribution in [1.82, 2.24) is 29.6 Å². The fraction of sp³-hybridized carbons (Fsp3) is 0.609. The molecule has 0 aromatic carbocycles. The predicted octanol–water partition coefficient (Wildman–Crippen LogP) is 3.14. The Labute approximate surface area is 193 Å². The number of carbonyl (C=O) groups is 1. The van der Waals surface area contributed by atoms with Crippen molar-refractivity contribution < 1.29 is 14.1 Å². The van der Waals surface area contributed by atoms with Crippen LogP contribution in [0.15, 0.2) is 21.6 Å². The van der Waals surface area contributed by atoms with Crippen molar-refractivity contribution in [3.8, 4) is 11.5 Å². The number of aromatic nitrogens is 5. The van der Waals surface area contributed by atoms with Crippen LogP contribution in [0, 0.1) is 0 Å². The van der Waals surface area contributed by atoms with Gasteiger partial charge in [-0.05, 0) is 33.6 Å². The van der Waals surface area contributed by atoms with Crippen LogP contribution in [0.2, 0.25) is 0 Å². The number of piperidine rings is 1. The van der Waals surface area contributed by atoms with Gasteiger partial charge in [-0.2, -0.15) is 10.1 Å². The molecule has 0 unspecified atom stereocenters. The molecule has 1 saturated heterocycles. The van der Waals surface area contributed by atoms with Crippen LogP contribution in [0.5, 0.6) is 0 Å². The van der Waals surface area contributed by atoms with Gasteiger partial charge >= 0.3 is 0 Å². The maximum absolute atomic E-state index is 12.3. The summed E-state index contributed by atoms with van der Waals surface area (Å²) in [7, 11) is 1.71. The van der Waals surface area contributed by atoms with E-state index in [-0.39, 0.29) is 22.5 Å². The average molecular weight is 459 g/mol. The molecule has 1 amide bonds. The van der Waals surface area contributed by atoms with Crippen LogP contribution in [0.1, 0.15) is 71.8 Å². The van der Waals surface area contributed by atoms with Crippen LogP contribution in [-0.4, -0.2) is 61.8 Å². The second kappa shape index (κ2) is 9.46. The molecule has 0 atom stereocenters. The summed E-state index contributed by atoms with van der Waals surface area (Å²) >= 11 is 0. The van der Waals surface area contributed by atoms with Crippen molar-refractivity contribution in [2.45, 2.75) is 71.3 Å². The van der Waals surface area contributed by atoms with E-state index in [4.69, 9.17) is 9.26 Å². The number of aromatic amines is 1. The van der Waals surface area contributed by atoms with Crippen molar-refractivity contribution in [1.29, 1.82) is 0 Å². The lowest BCUT2D eigenvalue weighted by Gasteiger charge is -2.29. The normalized spacial score (nSPS) is 15.4. The van der Waals surface area contributed by atoms with E-state index in [0.29, 0.717) is 36.0 Å². The maximum Gasteiger partial charge on any atom is 0.263 e. The van der Waals surface area contributed by atoms with Crippen molar-refractivity contribution in [3.05, 3.63) is 34.1 Å². The highest BCUT2D eigenvalue weighted by Gasteiger charge is 2.26. The van der Waals surface area contributed by atoms with Gasteiger partial charge in [0.2, 0.25) is 6.41 Å². The number of hydrogen-bond acceptors (Lipinski definition) is 7. The lowest BCUT2D eigenvalue weighted by Crippen LogP contribution is -2.32. The molecule has 0 aliphatic carbocycles. The van der Waals surface area contributed by atoms with Crippen LogP contribution < -0.4 is 5.56 Å². The molecular formula is C23H34N6O4. The molecule has 10 nitrogen and oxygen atoms in total. The fourth-order valence-corrected chi connectivity index (χ4v) is 3.40. The number of fused-ring (bicyclic) bond motifs is 1. The molecular weight excluding hydrogens is 424 g/mol. The predicted molar refractivity (Wildman–Crippen MR) is 124 cm³/mol. The summed E-state index contributed by atoms with van der Waals surface area (Å²) in [6.07, 6.45) is 4.09. The van der Waals surface area contributed by atoms with E-state index >= 15 is 0 Å². The molecule has 0 radical (unpaired) electrons. The monoisotopic (exact) mass is 458 g/mol. The van der Waals surface area contributed by atoms with Gasteiger partial charge in [0.25, 0.3) is 11.4 Å². The topological polar surface area (TPSA) is 119 Å². The van der Waals surface area contributed by atoms with Crippen LogP contribution in [0.4, 0.5) is 0 Å². The second-order valence-electron chi connectivity index (χ2n) is 10.3. The minimum Gasteiger partial charge on any atom is -0.379 e. The first-order valence-corrected chi connectivity index (χ1v) is 11.1. The number of ether oxygens (including phenoxy) is 1. The highest BCUT2D eigenvalue weighted by Crippen LogP contribution is 2.30. The first-order valence-electron chi connectivity index (χ1n) is 11.1. The minimum absolute atomic E-state index is 0.0417. The molecule has 1 aliphatic heterocycles. The second-order valence-corrected chi connectivity index (χ2v) is 10.3. The Kier molecular flexibility index (Phi) is 7.06. The van der Waals surface area contributed by atoms with Crippen LogP contribution in [0.25, 0.3) is 17.1 Å². The molecule has 33 heavy (non-hydrogen) atoms. The Morgan fingerprint density at radius 1 is 1.18 bits per heavy atom. The summed E-state index contributed by atoms with van der Waals surface area (Å²) < 4.78 is 12.1. The summed E-state index contributed by atoms with van der Waals surface area (Å²) in [5.74, 6) is 1.08. The Balaban J connectivity index is 0.000000454. The van der Waals surface area contributed by atoms with Gasteiger partial charge in [0.05, 0.1) is 17.5 Å². The number of methoxy groups -OCH3 is 1. The van der Waals surface area contributed by atoms with Crippen LogP contribution in [0.3, 0.4) is 0 Å². The molecule has 4 heterocycles. The molecule has 4 rings (SSSR count). The molecule has 0 bridgehead atoms. The van der Waals surface area contributed by atoms with Gasteiger partial charge in [0, 0.05) is 37.6 Å². The number of amides is 1. The molecule has 1 N–H and O–H groups in total. The first-order chi connectivity index (χ1) is 15.4. The summed E-state index contributed by atoms with van der Waals surface area (Å²) in [5.41, 5.74) is 1.57. The van der Waals surface area contributed by atoms with E-state index in [2.05, 4.69) is 20.2 Å². The average Bonchev–Trinajstić information content (AvgIpc) is 3.40. The number of likely N-dealkylation sites (tertiary alicyclic amines) is 1. The highest BCUT2D eigenvalue weighted by molar-refractivity contribution is 5.71. The summed E-state index contributed by atoms with van der Waals surface area (Å²) in [4.78, 5) is 32.3. The molecule has 0 spiro atoms. The van der Waals surface area contributed by atoms with Crippen molar-refractivity contribution in [3.63, 3.8) is 0 Å². The Bertz CT molecular complexity index is 1140. The lowest BCUT2D eigenvalue weighted by atomic mass is 9.93. The Hall–Kier alpha value is -3.01. The zero-order valence-corrected chi connectivity index (χ0v) is 20.5. The summed E-state index contributed by atoms with van der Waals surface area (Å²) in [6.45, 7) is 13.4. The number of carbonyl (C=O) groups excluding carboxylic acids is 1. The third kappa shape index (κ3) is 5.87. The van der Waals surface area contributed by atoms with Gasteiger partial charge in [-0.3, -0.25) is 9.59 Å². The van der Waals surface area contributed by atoms with Crippen LogP contribution >= 0.6 is 0 Å². The van der Waals surface area contributed by atoms with E-state index in [9.17, 15) is 9.59 Å². The fourth-order valence-electron chi connectivity index (χ4n) is 3.40. The summed E-state index contributed by atoms with van der Waals surface area (Å²) in [5, 5.41) is 8.51. The molecule has 10 heteroatoms. The largest absolute Gasteiger partial charge is 0.379 e. The number of rotatable bonds is 3. The standard InChI is InChI=1S/C18H22N6O3.C5H12O/c1-18(2,3)17-21-16(27-22-17)12-9-19-24-13(8-14(26)20-15(12)24)11-4-6-23(10-25)7-5-11;1-5(2,3)6-4/h8-11H,4-7H2,1-3H3,(H,20,26);1-4H3. The summed E-state index contributed by atoms with van der Waals surface area (Å²) in [6, 6.07) is 1.58. The molecule has 1 aliphatic rings. The zero-order valence-electron chi connectivity index (χ0n) is 20.5. The third-order valence-electron chi connectivity index (χ3n) is 5.57. The molecule has 3 aromatic heterocycles. The van der Waals surface area contributed by atoms with E-state index in [1.54, 1.807) is 28.8 Å². The van der Waals surface area contributed by atoms with E-state index < -0.39 is 0 Å². The van der Waals surface area contributed by atoms with Crippen molar-refractivity contribution >= 4 is 12.1 Å². The zero-order chi connectivity index (χ0) is 24.4. The van der Waals surface area contributed by atoms with Gasteiger partial charge in [-0.15, -0.1) is 0 Å². The Morgan fingerprint density at radius 3 is 2.33 bits per heavy atom. The highest BCUT2D eigenvalue weighted by atomic mass is 16.5. The molecule has 3 aromatic rings.